The van der Waals surface area contributed by atoms with Crippen molar-refractivity contribution in [3.05, 3.63) is 35.1 Å². The molecule has 0 spiro atoms. The SMILES string of the molecule is Cc1cc(F)cc([C@@]2(F)CCN(C(=O)[C@H]3CCCOC3)C2)c1. The zero-order valence-electron chi connectivity index (χ0n) is 12.8. The van der Waals surface area contributed by atoms with Gasteiger partial charge in [0.25, 0.3) is 0 Å². The first-order chi connectivity index (χ1) is 10.5. The number of alkyl halides is 1. The lowest BCUT2D eigenvalue weighted by molar-refractivity contribution is -0.139. The summed E-state index contributed by atoms with van der Waals surface area (Å²) in [6.07, 6.45) is 1.89. The van der Waals surface area contributed by atoms with Crippen LogP contribution in [-0.2, 0) is 15.2 Å². The third kappa shape index (κ3) is 3.00. The van der Waals surface area contributed by atoms with Crippen LogP contribution in [0.25, 0.3) is 0 Å². The van der Waals surface area contributed by atoms with Gasteiger partial charge in [0, 0.05) is 19.6 Å². The van der Waals surface area contributed by atoms with E-state index in [0.29, 0.717) is 30.9 Å². The molecule has 0 N–H and O–H groups in total. The molecule has 0 aromatic heterocycles. The van der Waals surface area contributed by atoms with Crippen molar-refractivity contribution < 1.29 is 18.3 Å². The van der Waals surface area contributed by atoms with Crippen LogP contribution in [0.3, 0.4) is 0 Å². The second kappa shape index (κ2) is 5.95. The van der Waals surface area contributed by atoms with E-state index in [4.69, 9.17) is 4.74 Å². The zero-order chi connectivity index (χ0) is 15.7. The number of hydrogen-bond donors (Lipinski definition) is 0. The Bertz CT molecular complexity index is 552. The molecule has 5 heteroatoms. The quantitative estimate of drug-likeness (QED) is 0.840. The maximum atomic E-state index is 15.2. The van der Waals surface area contributed by atoms with E-state index in [1.54, 1.807) is 17.9 Å². The van der Waals surface area contributed by atoms with Crippen LogP contribution < -0.4 is 0 Å². The Labute approximate surface area is 129 Å². The third-order valence-electron chi connectivity index (χ3n) is 4.60. The number of nitrogens with zero attached hydrogens (tertiary/aromatic N) is 1. The molecular weight excluding hydrogens is 288 g/mol. The number of halogens is 2. The van der Waals surface area contributed by atoms with E-state index in [1.807, 2.05) is 0 Å². The minimum atomic E-state index is -1.65. The average molecular weight is 309 g/mol. The van der Waals surface area contributed by atoms with Crippen molar-refractivity contribution in [3.8, 4) is 0 Å². The summed E-state index contributed by atoms with van der Waals surface area (Å²) in [5, 5.41) is 0. The average Bonchev–Trinajstić information content (AvgIpc) is 2.90. The number of benzene rings is 1. The first-order valence-electron chi connectivity index (χ1n) is 7.81. The Morgan fingerprint density at radius 2 is 2.23 bits per heavy atom. The predicted octanol–water partition coefficient (Wildman–Crippen LogP) is 2.96. The van der Waals surface area contributed by atoms with Crippen LogP contribution in [0.2, 0.25) is 0 Å². The number of ether oxygens (including phenoxy) is 1. The fourth-order valence-corrected chi connectivity index (χ4v) is 3.39. The van der Waals surface area contributed by atoms with Gasteiger partial charge in [-0.1, -0.05) is 6.07 Å². The van der Waals surface area contributed by atoms with Crippen LogP contribution in [0.5, 0.6) is 0 Å². The van der Waals surface area contributed by atoms with Gasteiger partial charge < -0.3 is 9.64 Å². The van der Waals surface area contributed by atoms with E-state index in [0.717, 1.165) is 12.8 Å². The summed E-state index contributed by atoms with van der Waals surface area (Å²) in [6, 6.07) is 4.29. The number of rotatable bonds is 2. The largest absolute Gasteiger partial charge is 0.381 e. The van der Waals surface area contributed by atoms with Crippen molar-refractivity contribution in [1.29, 1.82) is 0 Å². The molecule has 2 heterocycles. The molecular formula is C17H21F2NO2. The van der Waals surface area contributed by atoms with E-state index < -0.39 is 11.5 Å². The van der Waals surface area contributed by atoms with Crippen molar-refractivity contribution in [2.75, 3.05) is 26.3 Å². The molecule has 2 aliphatic heterocycles. The highest BCUT2D eigenvalue weighted by atomic mass is 19.1. The molecule has 2 saturated heterocycles. The molecule has 22 heavy (non-hydrogen) atoms. The zero-order valence-corrected chi connectivity index (χ0v) is 12.8. The van der Waals surface area contributed by atoms with Crippen LogP contribution >= 0.6 is 0 Å². The second-order valence-electron chi connectivity index (χ2n) is 6.41. The standard InChI is InChI=1S/C17H21F2NO2/c1-12-7-14(9-15(18)8-12)17(19)4-5-20(11-17)16(21)13-3-2-6-22-10-13/h7-9,13H,2-6,10-11H2,1H3/t13-,17+/m0/s1. The number of carbonyl (C=O) groups excluding carboxylic acids is 1. The minimum absolute atomic E-state index is 0.00519. The lowest BCUT2D eigenvalue weighted by atomic mass is 9.93. The van der Waals surface area contributed by atoms with Crippen molar-refractivity contribution in [1.82, 2.24) is 4.90 Å². The van der Waals surface area contributed by atoms with Gasteiger partial charge in [-0.05, 0) is 43.0 Å². The fraction of sp³-hybridized carbons (Fsp3) is 0.588. The Morgan fingerprint density at radius 1 is 1.41 bits per heavy atom. The van der Waals surface area contributed by atoms with Crippen molar-refractivity contribution >= 4 is 5.91 Å². The molecule has 2 atom stereocenters. The summed E-state index contributed by atoms with van der Waals surface area (Å²) >= 11 is 0. The van der Waals surface area contributed by atoms with Crippen LogP contribution in [-0.4, -0.2) is 37.1 Å². The van der Waals surface area contributed by atoms with Gasteiger partial charge >= 0.3 is 0 Å². The van der Waals surface area contributed by atoms with Crippen LogP contribution in [0.4, 0.5) is 8.78 Å². The summed E-state index contributed by atoms with van der Waals surface area (Å²) in [4.78, 5) is 14.0. The first kappa shape index (κ1) is 15.4. The molecule has 1 aromatic rings. The number of likely N-dealkylation sites (tertiary alicyclic amines) is 1. The van der Waals surface area contributed by atoms with E-state index >= 15 is 4.39 Å². The third-order valence-corrected chi connectivity index (χ3v) is 4.60. The van der Waals surface area contributed by atoms with E-state index in [1.165, 1.54) is 12.1 Å². The molecule has 1 aromatic carbocycles. The molecule has 0 aliphatic carbocycles. The number of aryl methyl sites for hydroxylation is 1. The topological polar surface area (TPSA) is 29.5 Å². The molecule has 3 rings (SSSR count). The fourth-order valence-electron chi connectivity index (χ4n) is 3.39. The van der Waals surface area contributed by atoms with E-state index in [2.05, 4.69) is 0 Å². The first-order valence-corrected chi connectivity index (χ1v) is 7.81. The van der Waals surface area contributed by atoms with Crippen LogP contribution in [0.1, 0.15) is 30.4 Å². The van der Waals surface area contributed by atoms with Gasteiger partial charge in [-0.25, -0.2) is 8.78 Å². The van der Waals surface area contributed by atoms with E-state index in [-0.39, 0.29) is 24.8 Å². The maximum Gasteiger partial charge on any atom is 0.228 e. The molecule has 0 radical (unpaired) electrons. The Morgan fingerprint density at radius 3 is 2.91 bits per heavy atom. The molecule has 2 aliphatic rings. The molecule has 0 bridgehead atoms. The van der Waals surface area contributed by atoms with Gasteiger partial charge in [-0.2, -0.15) is 0 Å². The van der Waals surface area contributed by atoms with Crippen LogP contribution in [0.15, 0.2) is 18.2 Å². The van der Waals surface area contributed by atoms with Gasteiger partial charge in [0.15, 0.2) is 5.67 Å². The summed E-state index contributed by atoms with van der Waals surface area (Å²) < 4.78 is 34.1. The molecule has 120 valence electrons. The van der Waals surface area contributed by atoms with Gasteiger partial charge in [0.2, 0.25) is 5.91 Å². The van der Waals surface area contributed by atoms with Crippen molar-refractivity contribution in [2.24, 2.45) is 5.92 Å². The highest BCUT2D eigenvalue weighted by Crippen LogP contribution is 2.37. The van der Waals surface area contributed by atoms with Gasteiger partial charge in [-0.15, -0.1) is 0 Å². The Balaban J connectivity index is 1.73. The van der Waals surface area contributed by atoms with E-state index in [9.17, 15) is 9.18 Å². The monoisotopic (exact) mass is 309 g/mol. The minimum Gasteiger partial charge on any atom is -0.381 e. The summed E-state index contributed by atoms with van der Waals surface area (Å²) in [5.41, 5.74) is -0.629. The van der Waals surface area contributed by atoms with Gasteiger partial charge in [0.1, 0.15) is 5.82 Å². The molecule has 0 unspecified atom stereocenters. The van der Waals surface area contributed by atoms with Crippen LogP contribution in [0, 0.1) is 18.7 Å². The normalized spacial score (nSPS) is 28.9. The highest BCUT2D eigenvalue weighted by molar-refractivity contribution is 5.79. The Kier molecular flexibility index (Phi) is 4.17. The molecule has 3 nitrogen and oxygen atoms in total. The van der Waals surface area contributed by atoms with Crippen molar-refractivity contribution in [2.45, 2.75) is 31.9 Å². The second-order valence-corrected chi connectivity index (χ2v) is 6.41. The molecule has 2 fully saturated rings. The smallest absolute Gasteiger partial charge is 0.228 e. The summed E-state index contributed by atoms with van der Waals surface area (Å²) in [6.45, 7) is 3.24. The van der Waals surface area contributed by atoms with Crippen molar-refractivity contribution in [3.63, 3.8) is 0 Å². The lowest BCUT2D eigenvalue weighted by Crippen LogP contribution is -2.39. The maximum absolute atomic E-state index is 15.2. The van der Waals surface area contributed by atoms with Gasteiger partial charge in [0.05, 0.1) is 19.1 Å². The predicted molar refractivity (Wildman–Crippen MR) is 78.7 cm³/mol. The molecule has 0 saturated carbocycles. The van der Waals surface area contributed by atoms with Gasteiger partial charge in [-0.3, -0.25) is 4.79 Å². The number of amides is 1. The molecule has 1 amide bonds. The number of hydrogen-bond acceptors (Lipinski definition) is 2. The summed E-state index contributed by atoms with van der Waals surface area (Å²) in [5.74, 6) is -0.629. The lowest BCUT2D eigenvalue weighted by Gasteiger charge is -2.27. The summed E-state index contributed by atoms with van der Waals surface area (Å²) in [7, 11) is 0. The number of carbonyl (C=O) groups is 1. The highest BCUT2D eigenvalue weighted by Gasteiger charge is 2.43. The Hall–Kier alpha value is -1.49.